The first-order chi connectivity index (χ1) is 8.58. The van der Waals surface area contributed by atoms with E-state index in [-0.39, 0.29) is 17.7 Å². The molecule has 3 heteroatoms. The van der Waals surface area contributed by atoms with Crippen molar-refractivity contribution >= 4 is 17.4 Å². The maximum Gasteiger partial charge on any atom is 0.251 e. The lowest BCUT2D eigenvalue weighted by Gasteiger charge is -2.23. The number of carbonyl (C=O) groups excluding carboxylic acids is 2. The Hall–Kier alpha value is -1.90. The van der Waals surface area contributed by atoms with Gasteiger partial charge in [0.05, 0.1) is 5.69 Å². The third kappa shape index (κ3) is 1.50. The van der Waals surface area contributed by atoms with E-state index in [1.807, 2.05) is 25.1 Å². The van der Waals surface area contributed by atoms with Crippen molar-refractivity contribution < 1.29 is 9.59 Å². The third-order valence-electron chi connectivity index (χ3n) is 3.82. The molecule has 0 N–H and O–H groups in total. The minimum atomic E-state index is -0.0589. The molecular weight excluding hydrogens is 226 g/mol. The van der Waals surface area contributed by atoms with Gasteiger partial charge in [-0.2, -0.15) is 0 Å². The summed E-state index contributed by atoms with van der Waals surface area (Å²) in [5.41, 5.74) is 3.86. The number of anilines is 1. The topological polar surface area (TPSA) is 37.4 Å². The van der Waals surface area contributed by atoms with Crippen LogP contribution in [0.2, 0.25) is 0 Å². The van der Waals surface area contributed by atoms with Crippen molar-refractivity contribution in [2.45, 2.75) is 32.7 Å². The summed E-state index contributed by atoms with van der Waals surface area (Å²) >= 11 is 0. The van der Waals surface area contributed by atoms with E-state index in [0.717, 1.165) is 17.7 Å². The number of hydrogen-bond donors (Lipinski definition) is 0. The average Bonchev–Trinajstić information content (AvgIpc) is 2.63. The van der Waals surface area contributed by atoms with Crippen LogP contribution in [0.25, 0.3) is 0 Å². The van der Waals surface area contributed by atoms with Crippen molar-refractivity contribution in [3.8, 4) is 0 Å². The van der Waals surface area contributed by atoms with E-state index >= 15 is 0 Å². The van der Waals surface area contributed by atoms with Crippen molar-refractivity contribution in [1.82, 2.24) is 0 Å². The third-order valence-corrected chi connectivity index (χ3v) is 3.82. The number of ketones is 1. The first-order valence-corrected chi connectivity index (χ1v) is 6.21. The number of fused-ring (bicyclic) bond motifs is 3. The highest BCUT2D eigenvalue weighted by Crippen LogP contribution is 2.37. The molecule has 1 atom stereocenters. The molecule has 2 aliphatic heterocycles. The minimum Gasteiger partial charge on any atom is -0.304 e. The van der Waals surface area contributed by atoms with Gasteiger partial charge in [0.15, 0.2) is 5.78 Å². The van der Waals surface area contributed by atoms with Crippen LogP contribution in [0.4, 0.5) is 5.69 Å². The monoisotopic (exact) mass is 241 g/mol. The van der Waals surface area contributed by atoms with Gasteiger partial charge in [0.1, 0.15) is 0 Å². The van der Waals surface area contributed by atoms with Crippen molar-refractivity contribution in [1.29, 1.82) is 0 Å². The highest BCUT2D eigenvalue weighted by Gasteiger charge is 2.37. The number of nitrogens with zero attached hydrogens (tertiary/aromatic N) is 1. The van der Waals surface area contributed by atoms with Crippen LogP contribution in [0.5, 0.6) is 0 Å². The number of hydrogen-bond acceptors (Lipinski definition) is 2. The smallest absolute Gasteiger partial charge is 0.251 e. The maximum atomic E-state index is 12.3. The standard InChI is InChI=1S/C15H15NO2/c1-9-4-3-5-11-7-12-8-13(17)10(2)6-14(18)16(12)15(9)11/h3-6,12H,7-8H2,1-2H3/t12-/m1/s1. The summed E-state index contributed by atoms with van der Waals surface area (Å²) in [4.78, 5) is 26.0. The summed E-state index contributed by atoms with van der Waals surface area (Å²) in [6, 6.07) is 6.06. The van der Waals surface area contributed by atoms with Crippen molar-refractivity contribution in [2.24, 2.45) is 0 Å². The molecule has 0 saturated heterocycles. The summed E-state index contributed by atoms with van der Waals surface area (Å²) in [6.07, 6.45) is 2.70. The molecule has 0 unspecified atom stereocenters. The number of Topliss-reactive ketones (excluding diaryl/α,β-unsaturated/α-hetero) is 1. The molecule has 18 heavy (non-hydrogen) atoms. The van der Waals surface area contributed by atoms with Gasteiger partial charge in [-0.1, -0.05) is 18.2 Å². The Labute approximate surface area is 106 Å². The minimum absolute atomic E-state index is 0.00481. The Morgan fingerprint density at radius 3 is 2.72 bits per heavy atom. The number of para-hydroxylation sites is 1. The second-order valence-corrected chi connectivity index (χ2v) is 5.10. The van der Waals surface area contributed by atoms with Gasteiger partial charge in [-0.3, -0.25) is 9.59 Å². The van der Waals surface area contributed by atoms with Gasteiger partial charge in [0, 0.05) is 18.5 Å². The Balaban J connectivity index is 2.13. The molecule has 2 aliphatic rings. The Kier molecular flexibility index (Phi) is 2.37. The number of aryl methyl sites for hydroxylation is 1. The number of carbonyl (C=O) groups is 2. The number of amides is 1. The lowest BCUT2D eigenvalue weighted by atomic mass is 10.0. The number of benzene rings is 1. The van der Waals surface area contributed by atoms with E-state index in [2.05, 4.69) is 0 Å². The lowest BCUT2D eigenvalue weighted by molar-refractivity contribution is -0.115. The predicted octanol–water partition coefficient (Wildman–Crippen LogP) is 2.17. The zero-order valence-electron chi connectivity index (χ0n) is 10.6. The molecule has 0 aromatic heterocycles. The van der Waals surface area contributed by atoms with E-state index in [4.69, 9.17) is 0 Å². The molecule has 1 aromatic carbocycles. The Bertz CT molecular complexity index is 586. The van der Waals surface area contributed by atoms with Crippen LogP contribution in [-0.4, -0.2) is 17.7 Å². The van der Waals surface area contributed by atoms with E-state index in [1.165, 1.54) is 11.6 Å². The molecule has 0 radical (unpaired) electrons. The molecule has 0 spiro atoms. The van der Waals surface area contributed by atoms with E-state index in [1.54, 1.807) is 11.8 Å². The summed E-state index contributed by atoms with van der Waals surface area (Å²) < 4.78 is 0. The predicted molar refractivity (Wildman–Crippen MR) is 69.5 cm³/mol. The van der Waals surface area contributed by atoms with E-state index in [0.29, 0.717) is 12.0 Å². The summed E-state index contributed by atoms with van der Waals surface area (Å²) in [7, 11) is 0. The van der Waals surface area contributed by atoms with Crippen molar-refractivity contribution in [3.05, 3.63) is 41.0 Å². The second-order valence-electron chi connectivity index (χ2n) is 5.10. The zero-order valence-corrected chi connectivity index (χ0v) is 10.6. The zero-order chi connectivity index (χ0) is 12.9. The highest BCUT2D eigenvalue weighted by molar-refractivity contribution is 6.12. The molecule has 3 nitrogen and oxygen atoms in total. The van der Waals surface area contributed by atoms with Crippen LogP contribution in [-0.2, 0) is 16.0 Å². The normalized spacial score (nSPS) is 22.4. The molecule has 1 amide bonds. The lowest BCUT2D eigenvalue weighted by Crippen LogP contribution is -2.36. The molecule has 0 aliphatic carbocycles. The van der Waals surface area contributed by atoms with Gasteiger partial charge in [-0.25, -0.2) is 0 Å². The van der Waals surface area contributed by atoms with Crippen LogP contribution in [0, 0.1) is 6.92 Å². The molecule has 92 valence electrons. The molecule has 0 bridgehead atoms. The fourth-order valence-corrected chi connectivity index (χ4v) is 2.92. The summed E-state index contributed by atoms with van der Waals surface area (Å²) in [6.45, 7) is 3.74. The Morgan fingerprint density at radius 2 is 1.94 bits per heavy atom. The maximum absolute atomic E-state index is 12.3. The van der Waals surface area contributed by atoms with Gasteiger partial charge in [-0.15, -0.1) is 0 Å². The average molecular weight is 241 g/mol. The highest BCUT2D eigenvalue weighted by atomic mass is 16.2. The molecule has 0 saturated carbocycles. The van der Waals surface area contributed by atoms with Gasteiger partial charge >= 0.3 is 0 Å². The van der Waals surface area contributed by atoms with Gasteiger partial charge < -0.3 is 4.90 Å². The van der Waals surface area contributed by atoms with Crippen LogP contribution >= 0.6 is 0 Å². The first-order valence-electron chi connectivity index (χ1n) is 6.21. The summed E-state index contributed by atoms with van der Waals surface area (Å²) in [5.74, 6) is 0.0257. The van der Waals surface area contributed by atoms with Crippen LogP contribution in [0.15, 0.2) is 29.8 Å². The quantitative estimate of drug-likeness (QED) is 0.698. The van der Waals surface area contributed by atoms with Crippen LogP contribution in [0.1, 0.15) is 24.5 Å². The summed E-state index contributed by atoms with van der Waals surface area (Å²) in [5, 5.41) is 0. The number of allylic oxidation sites excluding steroid dienone is 1. The molecule has 0 fully saturated rings. The van der Waals surface area contributed by atoms with Crippen molar-refractivity contribution in [2.75, 3.05) is 4.90 Å². The van der Waals surface area contributed by atoms with Crippen LogP contribution < -0.4 is 4.90 Å². The largest absolute Gasteiger partial charge is 0.304 e. The van der Waals surface area contributed by atoms with Gasteiger partial charge in [-0.05, 0) is 37.0 Å². The first kappa shape index (κ1) is 11.2. The van der Waals surface area contributed by atoms with E-state index in [9.17, 15) is 9.59 Å². The second kappa shape index (κ2) is 3.80. The van der Waals surface area contributed by atoms with E-state index < -0.39 is 0 Å². The van der Waals surface area contributed by atoms with Crippen LogP contribution in [0.3, 0.4) is 0 Å². The molecule has 3 rings (SSSR count). The fraction of sp³-hybridized carbons (Fsp3) is 0.333. The number of rotatable bonds is 0. The fourth-order valence-electron chi connectivity index (χ4n) is 2.92. The Morgan fingerprint density at radius 1 is 1.17 bits per heavy atom. The SMILES string of the molecule is CC1=CC(=O)N2c3c(C)cccc3C[C@@H]2CC1=O. The molecule has 2 heterocycles. The van der Waals surface area contributed by atoms with Gasteiger partial charge in [0.2, 0.25) is 0 Å². The molecular formula is C15H15NO2. The molecule has 1 aromatic rings. The van der Waals surface area contributed by atoms with Crippen molar-refractivity contribution in [3.63, 3.8) is 0 Å². The van der Waals surface area contributed by atoms with Gasteiger partial charge in [0.25, 0.3) is 5.91 Å².